The molecule has 4 aromatic rings. The van der Waals surface area contributed by atoms with E-state index in [-0.39, 0.29) is 38.0 Å². The van der Waals surface area contributed by atoms with Crippen LogP contribution in [-0.2, 0) is 38.8 Å². The number of anilines is 1. The molecule has 2 N–H and O–H groups in total. The van der Waals surface area contributed by atoms with Crippen molar-refractivity contribution in [2.45, 2.75) is 57.5 Å². The summed E-state index contributed by atoms with van der Waals surface area (Å²) in [5.41, 5.74) is 2.56. The fourth-order valence-electron chi connectivity index (χ4n) is 5.58. The van der Waals surface area contributed by atoms with Gasteiger partial charge < -0.3 is 29.7 Å². The molecule has 4 aromatic carbocycles. The summed E-state index contributed by atoms with van der Waals surface area (Å²) in [5, 5.41) is 5.19. The van der Waals surface area contributed by atoms with Crippen molar-refractivity contribution in [3.05, 3.63) is 138 Å². The van der Waals surface area contributed by atoms with E-state index in [1.165, 1.54) is 0 Å². The van der Waals surface area contributed by atoms with E-state index in [0.29, 0.717) is 19.0 Å². The SMILES string of the molecule is CCCN1C(=O)[C@H](OCc2ccccc2)[C@H](OCc2ccccc2)[C@H](OCc2ccccc2)[C@H]1CNC(=O)Nc1ccc(F)cc1F. The van der Waals surface area contributed by atoms with Crippen LogP contribution in [0.2, 0.25) is 0 Å². The number of benzene rings is 4. The standard InChI is InChI=1S/C37H39F2N3O5/c1-2-20-42-32(22-40-37(44)41-31-19-18-29(38)21-30(31)39)33(45-23-26-12-6-3-7-13-26)34(46-24-27-14-8-4-9-15-27)35(36(42)43)47-25-28-16-10-5-11-17-28/h3-19,21,32-35H,2,20,22-25H2,1H3,(H2,40,41,44)/t32-,33-,34-,35-/m1/s1. The first kappa shape index (κ1) is 33.7. The molecule has 0 aromatic heterocycles. The van der Waals surface area contributed by atoms with Crippen molar-refractivity contribution in [2.75, 3.05) is 18.4 Å². The lowest BCUT2D eigenvalue weighted by atomic mass is 9.91. The minimum Gasteiger partial charge on any atom is -0.368 e. The van der Waals surface area contributed by atoms with Gasteiger partial charge in [-0.2, -0.15) is 0 Å². The summed E-state index contributed by atoms with van der Waals surface area (Å²) in [6.07, 6.45) is -1.93. The Morgan fingerprint density at radius 3 is 1.81 bits per heavy atom. The Balaban J connectivity index is 1.44. The second-order valence-corrected chi connectivity index (χ2v) is 11.3. The zero-order chi connectivity index (χ0) is 33.0. The number of hydrogen-bond acceptors (Lipinski definition) is 5. The summed E-state index contributed by atoms with van der Waals surface area (Å²) in [4.78, 5) is 28.9. The van der Waals surface area contributed by atoms with Crippen LogP contribution in [0.4, 0.5) is 19.3 Å². The lowest BCUT2D eigenvalue weighted by molar-refractivity contribution is -0.208. The van der Waals surface area contributed by atoms with Gasteiger partial charge in [-0.3, -0.25) is 4.79 Å². The zero-order valence-electron chi connectivity index (χ0n) is 26.2. The highest BCUT2D eigenvalue weighted by atomic mass is 19.1. The summed E-state index contributed by atoms with van der Waals surface area (Å²) >= 11 is 0. The van der Waals surface area contributed by atoms with E-state index in [0.717, 1.165) is 28.8 Å². The average molecular weight is 644 g/mol. The van der Waals surface area contributed by atoms with Crippen molar-refractivity contribution in [1.29, 1.82) is 0 Å². The number of ether oxygens (including phenoxy) is 3. The molecule has 5 rings (SSSR count). The number of carbonyl (C=O) groups is 2. The van der Waals surface area contributed by atoms with E-state index in [1.54, 1.807) is 4.90 Å². The van der Waals surface area contributed by atoms with Crippen LogP contribution in [-0.4, -0.2) is 54.3 Å². The fourth-order valence-corrected chi connectivity index (χ4v) is 5.58. The summed E-state index contributed by atoms with van der Waals surface area (Å²) in [7, 11) is 0. The Kier molecular flexibility index (Phi) is 12.0. The highest BCUT2D eigenvalue weighted by molar-refractivity contribution is 5.89. The molecule has 246 valence electrons. The monoisotopic (exact) mass is 643 g/mol. The average Bonchev–Trinajstić information content (AvgIpc) is 3.09. The number of halogens is 2. The van der Waals surface area contributed by atoms with Crippen LogP contribution < -0.4 is 10.6 Å². The Morgan fingerprint density at radius 1 is 0.745 bits per heavy atom. The van der Waals surface area contributed by atoms with E-state index in [9.17, 15) is 18.4 Å². The Bertz CT molecular complexity index is 1580. The molecule has 1 fully saturated rings. The number of amides is 3. The summed E-state index contributed by atoms with van der Waals surface area (Å²) in [6, 6.07) is 30.3. The summed E-state index contributed by atoms with van der Waals surface area (Å²) in [5.74, 6) is -1.94. The molecule has 0 saturated carbocycles. The van der Waals surface area contributed by atoms with Crippen LogP contribution >= 0.6 is 0 Å². The number of hydrogen-bond donors (Lipinski definition) is 2. The molecule has 3 amide bonds. The molecular formula is C37H39F2N3O5. The second-order valence-electron chi connectivity index (χ2n) is 11.3. The molecule has 1 heterocycles. The number of carbonyl (C=O) groups excluding carboxylic acids is 2. The van der Waals surface area contributed by atoms with Crippen LogP contribution in [0.5, 0.6) is 0 Å². The van der Waals surface area contributed by atoms with Crippen molar-refractivity contribution in [3.63, 3.8) is 0 Å². The lowest BCUT2D eigenvalue weighted by Crippen LogP contribution is -2.68. The van der Waals surface area contributed by atoms with E-state index in [2.05, 4.69) is 10.6 Å². The van der Waals surface area contributed by atoms with E-state index >= 15 is 0 Å². The maximum atomic E-state index is 14.3. The van der Waals surface area contributed by atoms with Gasteiger partial charge in [-0.15, -0.1) is 0 Å². The maximum absolute atomic E-state index is 14.3. The number of urea groups is 1. The van der Waals surface area contributed by atoms with Crippen LogP contribution in [0, 0.1) is 11.6 Å². The van der Waals surface area contributed by atoms with Crippen molar-refractivity contribution in [3.8, 4) is 0 Å². The topological polar surface area (TPSA) is 89.1 Å². The molecule has 0 aliphatic carbocycles. The minimum atomic E-state index is -0.996. The van der Waals surface area contributed by atoms with Crippen LogP contribution in [0.3, 0.4) is 0 Å². The van der Waals surface area contributed by atoms with Gasteiger partial charge in [0.2, 0.25) is 0 Å². The first-order chi connectivity index (χ1) is 22.9. The molecule has 1 saturated heterocycles. The van der Waals surface area contributed by atoms with Crippen LogP contribution in [0.25, 0.3) is 0 Å². The normalized spacial score (nSPS) is 19.4. The Morgan fingerprint density at radius 2 is 1.28 bits per heavy atom. The largest absolute Gasteiger partial charge is 0.368 e. The smallest absolute Gasteiger partial charge is 0.319 e. The predicted octanol–water partition coefficient (Wildman–Crippen LogP) is 6.46. The highest BCUT2D eigenvalue weighted by Crippen LogP contribution is 2.30. The van der Waals surface area contributed by atoms with Gasteiger partial charge in [0.1, 0.15) is 23.8 Å². The molecule has 4 atom stereocenters. The molecule has 0 radical (unpaired) electrons. The van der Waals surface area contributed by atoms with Gasteiger partial charge in [-0.1, -0.05) is 97.9 Å². The molecule has 0 spiro atoms. The number of rotatable bonds is 14. The number of piperidine rings is 1. The van der Waals surface area contributed by atoms with Crippen LogP contribution in [0.15, 0.2) is 109 Å². The lowest BCUT2D eigenvalue weighted by Gasteiger charge is -2.48. The van der Waals surface area contributed by atoms with Gasteiger partial charge in [-0.25, -0.2) is 13.6 Å². The molecule has 1 aliphatic heterocycles. The molecule has 47 heavy (non-hydrogen) atoms. The molecule has 1 aliphatic rings. The van der Waals surface area contributed by atoms with E-state index in [4.69, 9.17) is 14.2 Å². The van der Waals surface area contributed by atoms with Gasteiger partial charge in [0.15, 0.2) is 6.10 Å². The number of likely N-dealkylation sites (tertiary alicyclic amines) is 1. The first-order valence-electron chi connectivity index (χ1n) is 15.7. The van der Waals surface area contributed by atoms with Crippen molar-refractivity contribution >= 4 is 17.6 Å². The minimum absolute atomic E-state index is 0.0313. The molecule has 8 nitrogen and oxygen atoms in total. The zero-order valence-corrected chi connectivity index (χ0v) is 26.2. The third-order valence-corrected chi connectivity index (χ3v) is 7.89. The van der Waals surface area contributed by atoms with E-state index < -0.39 is 42.0 Å². The fraction of sp³-hybridized carbons (Fsp3) is 0.297. The molecule has 0 unspecified atom stereocenters. The molecule has 0 bridgehead atoms. The highest BCUT2D eigenvalue weighted by Gasteiger charge is 2.50. The molecular weight excluding hydrogens is 604 g/mol. The second kappa shape index (κ2) is 16.8. The quantitative estimate of drug-likeness (QED) is 0.165. The van der Waals surface area contributed by atoms with Gasteiger partial charge in [0, 0.05) is 19.2 Å². The first-order valence-corrected chi connectivity index (χ1v) is 15.7. The van der Waals surface area contributed by atoms with Gasteiger partial charge in [-0.05, 0) is 35.2 Å². The van der Waals surface area contributed by atoms with Crippen molar-refractivity contribution < 1.29 is 32.6 Å². The Labute approximate surface area is 273 Å². The summed E-state index contributed by atoms with van der Waals surface area (Å²) < 4.78 is 47.2. The predicted molar refractivity (Wildman–Crippen MR) is 174 cm³/mol. The third-order valence-electron chi connectivity index (χ3n) is 7.89. The number of nitrogens with one attached hydrogen (secondary N) is 2. The Hall–Kier alpha value is -4.64. The van der Waals surface area contributed by atoms with Crippen molar-refractivity contribution in [1.82, 2.24) is 10.2 Å². The van der Waals surface area contributed by atoms with Gasteiger partial charge in [0.25, 0.3) is 5.91 Å². The van der Waals surface area contributed by atoms with Crippen molar-refractivity contribution in [2.24, 2.45) is 0 Å². The maximum Gasteiger partial charge on any atom is 0.319 e. The third kappa shape index (κ3) is 9.22. The number of nitrogens with zero attached hydrogens (tertiary/aromatic N) is 1. The van der Waals surface area contributed by atoms with Crippen LogP contribution in [0.1, 0.15) is 30.0 Å². The van der Waals surface area contributed by atoms with E-state index in [1.807, 2.05) is 97.9 Å². The van der Waals surface area contributed by atoms with Gasteiger partial charge in [0.05, 0.1) is 31.5 Å². The molecule has 10 heteroatoms. The summed E-state index contributed by atoms with van der Waals surface area (Å²) in [6.45, 7) is 2.91. The van der Waals surface area contributed by atoms with Gasteiger partial charge >= 0.3 is 6.03 Å².